The summed E-state index contributed by atoms with van der Waals surface area (Å²) in [6, 6.07) is 0. The highest BCUT2D eigenvalue weighted by Crippen LogP contribution is 2.60. The van der Waals surface area contributed by atoms with Crippen LogP contribution >= 0.6 is 0 Å². The standard InChI is InChI=1S/C18H28O4/c1-5-15(19)21-17-7-13-6-14(8-17)10-18(9-13,11-17)22-16(20-4)12(2)3/h5,12-14,16H,1,6-11H2,2-4H3. The molecule has 22 heavy (non-hydrogen) atoms. The number of hydrogen-bond acceptors (Lipinski definition) is 4. The molecule has 0 radical (unpaired) electrons. The molecule has 4 saturated carbocycles. The van der Waals surface area contributed by atoms with Gasteiger partial charge >= 0.3 is 5.97 Å². The van der Waals surface area contributed by atoms with Crippen molar-refractivity contribution < 1.29 is 19.0 Å². The van der Waals surface area contributed by atoms with Crippen molar-refractivity contribution in [1.82, 2.24) is 0 Å². The molecule has 0 amide bonds. The first kappa shape index (κ1) is 16.0. The van der Waals surface area contributed by atoms with Gasteiger partial charge in [-0.15, -0.1) is 0 Å². The predicted molar refractivity (Wildman–Crippen MR) is 83.2 cm³/mol. The van der Waals surface area contributed by atoms with E-state index in [1.54, 1.807) is 7.11 Å². The van der Waals surface area contributed by atoms with Gasteiger partial charge in [0.05, 0.1) is 5.60 Å². The lowest BCUT2D eigenvalue weighted by Crippen LogP contribution is -2.62. The summed E-state index contributed by atoms with van der Waals surface area (Å²) >= 11 is 0. The molecule has 4 heteroatoms. The number of rotatable bonds is 6. The fourth-order valence-electron chi connectivity index (χ4n) is 5.31. The SMILES string of the molecule is C=CC(=O)OC12CC3CC(C1)CC(OC(OC)C(C)C)(C3)C2. The Morgan fingerprint density at radius 2 is 1.77 bits per heavy atom. The fourth-order valence-corrected chi connectivity index (χ4v) is 5.31. The molecule has 4 aliphatic rings. The van der Waals surface area contributed by atoms with Crippen LogP contribution in [0.15, 0.2) is 12.7 Å². The number of carbonyl (C=O) groups excluding carboxylic acids is 1. The molecule has 4 bridgehead atoms. The highest BCUT2D eigenvalue weighted by Gasteiger charge is 2.60. The number of ether oxygens (including phenoxy) is 3. The van der Waals surface area contributed by atoms with E-state index in [1.165, 1.54) is 12.5 Å². The van der Waals surface area contributed by atoms with E-state index in [-0.39, 0.29) is 23.5 Å². The van der Waals surface area contributed by atoms with Crippen LogP contribution in [0.25, 0.3) is 0 Å². The highest BCUT2D eigenvalue weighted by atomic mass is 16.7. The van der Waals surface area contributed by atoms with E-state index in [4.69, 9.17) is 14.2 Å². The summed E-state index contributed by atoms with van der Waals surface area (Å²) in [5.41, 5.74) is -0.527. The van der Waals surface area contributed by atoms with Crippen molar-refractivity contribution in [1.29, 1.82) is 0 Å². The summed E-state index contributed by atoms with van der Waals surface area (Å²) in [5, 5.41) is 0. The van der Waals surface area contributed by atoms with Crippen LogP contribution in [0.4, 0.5) is 0 Å². The predicted octanol–water partition coefficient (Wildman–Crippen LogP) is 3.45. The lowest BCUT2D eigenvalue weighted by Gasteiger charge is -2.61. The third-order valence-corrected chi connectivity index (χ3v) is 5.58. The van der Waals surface area contributed by atoms with Gasteiger partial charge in [0.2, 0.25) is 0 Å². The van der Waals surface area contributed by atoms with Crippen molar-refractivity contribution in [3.8, 4) is 0 Å². The van der Waals surface area contributed by atoms with Crippen molar-refractivity contribution in [2.75, 3.05) is 7.11 Å². The molecule has 0 aliphatic heterocycles. The van der Waals surface area contributed by atoms with Gasteiger partial charge < -0.3 is 14.2 Å². The Balaban J connectivity index is 1.81. The quantitative estimate of drug-likeness (QED) is 0.428. The third kappa shape index (κ3) is 2.83. The Morgan fingerprint density at radius 1 is 1.18 bits per heavy atom. The summed E-state index contributed by atoms with van der Waals surface area (Å²) in [4.78, 5) is 11.8. The molecule has 0 saturated heterocycles. The zero-order valence-electron chi connectivity index (χ0n) is 14.0. The van der Waals surface area contributed by atoms with Crippen LogP contribution in [-0.2, 0) is 19.0 Å². The summed E-state index contributed by atoms with van der Waals surface area (Å²) in [5.74, 6) is 1.21. The van der Waals surface area contributed by atoms with Crippen LogP contribution in [-0.4, -0.2) is 30.6 Å². The molecular weight excluding hydrogens is 280 g/mol. The van der Waals surface area contributed by atoms with Gasteiger partial charge in [-0.1, -0.05) is 20.4 Å². The molecule has 4 fully saturated rings. The molecule has 0 aromatic carbocycles. The van der Waals surface area contributed by atoms with Gasteiger partial charge in [0.25, 0.3) is 0 Å². The van der Waals surface area contributed by atoms with E-state index in [0.29, 0.717) is 17.8 Å². The zero-order valence-corrected chi connectivity index (χ0v) is 14.0. The van der Waals surface area contributed by atoms with Crippen LogP contribution in [0.5, 0.6) is 0 Å². The van der Waals surface area contributed by atoms with Crippen LogP contribution in [0.1, 0.15) is 52.4 Å². The summed E-state index contributed by atoms with van der Waals surface area (Å²) in [6.07, 6.45) is 7.24. The third-order valence-electron chi connectivity index (χ3n) is 5.58. The lowest BCUT2D eigenvalue weighted by molar-refractivity contribution is -0.287. The first-order chi connectivity index (χ1) is 10.4. The average Bonchev–Trinajstić information content (AvgIpc) is 2.42. The minimum absolute atomic E-state index is 0.184. The Morgan fingerprint density at radius 3 is 2.27 bits per heavy atom. The number of hydrogen-bond donors (Lipinski definition) is 0. The summed E-state index contributed by atoms with van der Waals surface area (Å²) < 4.78 is 17.8. The van der Waals surface area contributed by atoms with Gasteiger partial charge in [-0.3, -0.25) is 0 Å². The Labute approximate surface area is 133 Å². The van der Waals surface area contributed by atoms with Crippen molar-refractivity contribution in [3.05, 3.63) is 12.7 Å². The van der Waals surface area contributed by atoms with Gasteiger partial charge in [-0.25, -0.2) is 4.79 Å². The molecule has 4 nitrogen and oxygen atoms in total. The Kier molecular flexibility index (Phi) is 4.11. The maximum atomic E-state index is 11.8. The summed E-state index contributed by atoms with van der Waals surface area (Å²) in [6.45, 7) is 7.76. The number of esters is 1. The first-order valence-corrected chi connectivity index (χ1v) is 8.45. The van der Waals surface area contributed by atoms with Crippen LogP contribution in [0.2, 0.25) is 0 Å². The normalized spacial score (nSPS) is 40.7. The topological polar surface area (TPSA) is 44.8 Å². The second-order valence-corrected chi connectivity index (χ2v) is 7.92. The molecule has 0 aromatic heterocycles. The molecule has 0 spiro atoms. The van der Waals surface area contributed by atoms with Gasteiger partial charge in [0.15, 0.2) is 6.29 Å². The van der Waals surface area contributed by atoms with E-state index >= 15 is 0 Å². The number of carbonyl (C=O) groups is 1. The van der Waals surface area contributed by atoms with Gasteiger partial charge in [0.1, 0.15) is 5.60 Å². The minimum Gasteiger partial charge on any atom is -0.456 e. The van der Waals surface area contributed by atoms with E-state index < -0.39 is 0 Å². The highest BCUT2D eigenvalue weighted by molar-refractivity contribution is 5.81. The minimum atomic E-state index is -0.343. The van der Waals surface area contributed by atoms with Crippen LogP contribution < -0.4 is 0 Å². The van der Waals surface area contributed by atoms with Crippen molar-refractivity contribution in [2.24, 2.45) is 17.8 Å². The number of methoxy groups -OCH3 is 1. The van der Waals surface area contributed by atoms with E-state index in [0.717, 1.165) is 32.1 Å². The van der Waals surface area contributed by atoms with Crippen molar-refractivity contribution in [3.63, 3.8) is 0 Å². The molecule has 0 heterocycles. The molecule has 4 aliphatic carbocycles. The molecule has 0 N–H and O–H groups in total. The molecule has 3 atom stereocenters. The molecular formula is C18H28O4. The molecule has 4 rings (SSSR count). The van der Waals surface area contributed by atoms with Gasteiger partial charge in [-0.05, 0) is 43.9 Å². The second kappa shape index (κ2) is 5.64. The second-order valence-electron chi connectivity index (χ2n) is 7.92. The van der Waals surface area contributed by atoms with Crippen molar-refractivity contribution >= 4 is 5.97 Å². The fraction of sp³-hybridized carbons (Fsp3) is 0.833. The van der Waals surface area contributed by atoms with Crippen LogP contribution in [0, 0.1) is 17.8 Å². The smallest absolute Gasteiger partial charge is 0.330 e. The molecule has 124 valence electrons. The van der Waals surface area contributed by atoms with E-state index in [9.17, 15) is 4.79 Å². The van der Waals surface area contributed by atoms with Crippen molar-refractivity contribution in [2.45, 2.75) is 69.9 Å². The maximum Gasteiger partial charge on any atom is 0.330 e. The largest absolute Gasteiger partial charge is 0.456 e. The maximum absolute atomic E-state index is 11.8. The zero-order chi connectivity index (χ0) is 16.0. The van der Waals surface area contributed by atoms with Gasteiger partial charge in [-0.2, -0.15) is 0 Å². The van der Waals surface area contributed by atoms with E-state index in [2.05, 4.69) is 20.4 Å². The molecule has 0 aromatic rings. The first-order valence-electron chi connectivity index (χ1n) is 8.45. The average molecular weight is 308 g/mol. The van der Waals surface area contributed by atoms with Crippen LogP contribution in [0.3, 0.4) is 0 Å². The monoisotopic (exact) mass is 308 g/mol. The summed E-state index contributed by atoms with van der Waals surface area (Å²) in [7, 11) is 1.71. The lowest BCUT2D eigenvalue weighted by atomic mass is 9.52. The molecule has 3 unspecified atom stereocenters. The Hall–Kier alpha value is -0.870. The van der Waals surface area contributed by atoms with E-state index in [1.807, 2.05) is 0 Å². The van der Waals surface area contributed by atoms with Gasteiger partial charge in [0, 0.05) is 25.5 Å². The Bertz CT molecular complexity index is 442.